The molecule has 2 aromatic carbocycles. The lowest BCUT2D eigenvalue weighted by Crippen LogP contribution is -2.08. The molecule has 2 aromatic rings. The summed E-state index contributed by atoms with van der Waals surface area (Å²) in [7, 11) is 3.04. The number of methoxy groups -OCH3 is 2. The quantitative estimate of drug-likeness (QED) is 0.856. The third-order valence-corrected chi connectivity index (χ3v) is 2.96. The van der Waals surface area contributed by atoms with Gasteiger partial charge in [0.2, 0.25) is 5.91 Å². The Morgan fingerprint density at radius 1 is 1.00 bits per heavy atom. The Bertz CT molecular complexity index is 724. The summed E-state index contributed by atoms with van der Waals surface area (Å²) in [6.07, 6.45) is 2.80. The van der Waals surface area contributed by atoms with Gasteiger partial charge < -0.3 is 14.8 Å². The van der Waals surface area contributed by atoms with Gasteiger partial charge in [-0.2, -0.15) is 0 Å². The molecule has 0 fully saturated rings. The second-order valence-electron chi connectivity index (χ2n) is 4.60. The SMILES string of the molecule is COc1ccc(/C=C/C(=O)Nc2cc(F)cc(F)c2)cc1OC. The maximum absolute atomic E-state index is 13.0. The second-order valence-corrected chi connectivity index (χ2v) is 4.60. The number of hydrogen-bond acceptors (Lipinski definition) is 3. The molecule has 0 saturated heterocycles. The van der Waals surface area contributed by atoms with E-state index in [-0.39, 0.29) is 5.69 Å². The van der Waals surface area contributed by atoms with Crippen LogP contribution < -0.4 is 14.8 Å². The van der Waals surface area contributed by atoms with Gasteiger partial charge in [0.05, 0.1) is 14.2 Å². The van der Waals surface area contributed by atoms with Crippen LogP contribution in [0.15, 0.2) is 42.5 Å². The zero-order valence-corrected chi connectivity index (χ0v) is 12.6. The summed E-state index contributed by atoms with van der Waals surface area (Å²) in [5.41, 5.74) is 0.757. The number of carbonyl (C=O) groups is 1. The van der Waals surface area contributed by atoms with Crippen molar-refractivity contribution in [2.24, 2.45) is 0 Å². The van der Waals surface area contributed by atoms with Crippen LogP contribution in [0.5, 0.6) is 11.5 Å². The predicted molar refractivity (Wildman–Crippen MR) is 83.6 cm³/mol. The summed E-state index contributed by atoms with van der Waals surface area (Å²) >= 11 is 0. The Morgan fingerprint density at radius 2 is 1.65 bits per heavy atom. The number of halogens is 2. The van der Waals surface area contributed by atoms with E-state index in [0.29, 0.717) is 17.1 Å². The van der Waals surface area contributed by atoms with E-state index < -0.39 is 17.5 Å². The van der Waals surface area contributed by atoms with E-state index in [9.17, 15) is 13.6 Å². The minimum Gasteiger partial charge on any atom is -0.493 e. The zero-order chi connectivity index (χ0) is 16.8. The van der Waals surface area contributed by atoms with E-state index in [2.05, 4.69) is 5.32 Å². The van der Waals surface area contributed by atoms with Crippen LogP contribution in [0.4, 0.5) is 14.5 Å². The minimum absolute atomic E-state index is 0.0458. The van der Waals surface area contributed by atoms with Crippen LogP contribution >= 0.6 is 0 Å². The molecule has 0 aliphatic carbocycles. The highest BCUT2D eigenvalue weighted by molar-refractivity contribution is 6.01. The first kappa shape index (κ1) is 16.5. The fraction of sp³-hybridized carbons (Fsp3) is 0.118. The number of ether oxygens (including phenoxy) is 2. The van der Waals surface area contributed by atoms with Crippen molar-refractivity contribution < 1.29 is 23.0 Å². The van der Waals surface area contributed by atoms with Crippen LogP contribution in [0, 0.1) is 11.6 Å². The molecule has 6 heteroatoms. The maximum atomic E-state index is 13.0. The van der Waals surface area contributed by atoms with Crippen LogP contribution in [-0.4, -0.2) is 20.1 Å². The van der Waals surface area contributed by atoms with Crippen LogP contribution in [0.2, 0.25) is 0 Å². The molecule has 0 aromatic heterocycles. The van der Waals surface area contributed by atoms with Crippen LogP contribution in [0.3, 0.4) is 0 Å². The van der Waals surface area contributed by atoms with Crippen molar-refractivity contribution in [3.63, 3.8) is 0 Å². The first-order chi connectivity index (χ1) is 11.0. The summed E-state index contributed by atoms with van der Waals surface area (Å²) in [6.45, 7) is 0. The predicted octanol–water partition coefficient (Wildman–Crippen LogP) is 3.63. The lowest BCUT2D eigenvalue weighted by molar-refractivity contribution is -0.111. The third kappa shape index (κ3) is 4.54. The molecule has 0 radical (unpaired) electrons. The van der Waals surface area contributed by atoms with Crippen molar-refractivity contribution in [1.82, 2.24) is 0 Å². The molecule has 4 nitrogen and oxygen atoms in total. The number of nitrogens with one attached hydrogen (secondary N) is 1. The van der Waals surface area contributed by atoms with E-state index in [1.54, 1.807) is 24.3 Å². The molecule has 0 aliphatic heterocycles. The van der Waals surface area contributed by atoms with E-state index in [4.69, 9.17) is 9.47 Å². The highest BCUT2D eigenvalue weighted by atomic mass is 19.1. The lowest BCUT2D eigenvalue weighted by atomic mass is 10.2. The molecule has 23 heavy (non-hydrogen) atoms. The summed E-state index contributed by atoms with van der Waals surface area (Å²) in [6, 6.07) is 7.95. The molecular weight excluding hydrogens is 304 g/mol. The highest BCUT2D eigenvalue weighted by Gasteiger charge is 2.05. The van der Waals surface area contributed by atoms with Crippen molar-refractivity contribution in [3.05, 3.63) is 59.7 Å². The standard InChI is InChI=1S/C17H15F2NO3/c1-22-15-5-3-11(7-16(15)23-2)4-6-17(21)20-14-9-12(18)8-13(19)10-14/h3-10H,1-2H3,(H,20,21)/b6-4+. The van der Waals surface area contributed by atoms with Gasteiger partial charge in [-0.3, -0.25) is 4.79 Å². The van der Waals surface area contributed by atoms with Crippen molar-refractivity contribution >= 4 is 17.7 Å². The van der Waals surface area contributed by atoms with Gasteiger partial charge in [-0.05, 0) is 35.9 Å². The summed E-state index contributed by atoms with van der Waals surface area (Å²) in [5, 5.41) is 2.38. The molecule has 0 aliphatic rings. The fourth-order valence-electron chi connectivity index (χ4n) is 1.94. The first-order valence-corrected chi connectivity index (χ1v) is 6.69. The topological polar surface area (TPSA) is 47.6 Å². The monoisotopic (exact) mass is 319 g/mol. The van der Waals surface area contributed by atoms with Gasteiger partial charge in [-0.1, -0.05) is 6.07 Å². The number of rotatable bonds is 5. The minimum atomic E-state index is -0.760. The van der Waals surface area contributed by atoms with Gasteiger partial charge in [0.15, 0.2) is 11.5 Å². The third-order valence-electron chi connectivity index (χ3n) is 2.96. The molecule has 1 amide bonds. The molecular formula is C17H15F2NO3. The molecule has 0 atom stereocenters. The Balaban J connectivity index is 2.09. The number of carbonyl (C=O) groups excluding carboxylic acids is 1. The molecule has 0 unspecified atom stereocenters. The molecule has 120 valence electrons. The average molecular weight is 319 g/mol. The van der Waals surface area contributed by atoms with E-state index in [0.717, 1.165) is 18.2 Å². The maximum Gasteiger partial charge on any atom is 0.248 e. The van der Waals surface area contributed by atoms with Gasteiger partial charge >= 0.3 is 0 Å². The first-order valence-electron chi connectivity index (χ1n) is 6.69. The number of hydrogen-bond donors (Lipinski definition) is 1. The molecule has 0 saturated carbocycles. The molecule has 0 heterocycles. The lowest BCUT2D eigenvalue weighted by Gasteiger charge is -2.07. The Morgan fingerprint density at radius 3 is 2.26 bits per heavy atom. The van der Waals surface area contributed by atoms with E-state index in [1.807, 2.05) is 0 Å². The summed E-state index contributed by atoms with van der Waals surface area (Å²) in [5.74, 6) is -0.926. The van der Waals surface area contributed by atoms with Crippen LogP contribution in [0.1, 0.15) is 5.56 Å². The van der Waals surface area contributed by atoms with Gasteiger partial charge in [-0.25, -0.2) is 8.78 Å². The van der Waals surface area contributed by atoms with Gasteiger partial charge in [0.1, 0.15) is 11.6 Å². The van der Waals surface area contributed by atoms with Gasteiger partial charge in [-0.15, -0.1) is 0 Å². The van der Waals surface area contributed by atoms with Crippen LogP contribution in [0.25, 0.3) is 6.08 Å². The van der Waals surface area contributed by atoms with Crippen molar-refractivity contribution in [1.29, 1.82) is 0 Å². The second kappa shape index (κ2) is 7.40. The van der Waals surface area contributed by atoms with E-state index in [1.165, 1.54) is 20.3 Å². The van der Waals surface area contributed by atoms with Crippen LogP contribution in [-0.2, 0) is 4.79 Å². The normalized spacial score (nSPS) is 10.6. The smallest absolute Gasteiger partial charge is 0.248 e. The summed E-state index contributed by atoms with van der Waals surface area (Å²) < 4.78 is 36.4. The van der Waals surface area contributed by atoms with Gasteiger partial charge in [0, 0.05) is 17.8 Å². The highest BCUT2D eigenvalue weighted by Crippen LogP contribution is 2.27. The molecule has 0 bridgehead atoms. The molecule has 1 N–H and O–H groups in total. The number of anilines is 1. The zero-order valence-electron chi connectivity index (χ0n) is 12.6. The van der Waals surface area contributed by atoms with Crippen molar-refractivity contribution in [3.8, 4) is 11.5 Å². The van der Waals surface area contributed by atoms with Crippen molar-refractivity contribution in [2.75, 3.05) is 19.5 Å². The van der Waals surface area contributed by atoms with E-state index >= 15 is 0 Å². The van der Waals surface area contributed by atoms with Crippen molar-refractivity contribution in [2.45, 2.75) is 0 Å². The molecule has 0 spiro atoms. The average Bonchev–Trinajstić information content (AvgIpc) is 2.51. The molecule has 2 rings (SSSR count). The fourth-order valence-corrected chi connectivity index (χ4v) is 1.94. The number of benzene rings is 2. The van der Waals surface area contributed by atoms with Gasteiger partial charge in [0.25, 0.3) is 0 Å². The Labute approximate surface area is 132 Å². The Hall–Kier alpha value is -2.89. The Kier molecular flexibility index (Phi) is 5.30. The largest absolute Gasteiger partial charge is 0.493 e. The number of amides is 1. The summed E-state index contributed by atoms with van der Waals surface area (Å²) in [4.78, 5) is 11.8.